The first-order valence-corrected chi connectivity index (χ1v) is 6.45. The third kappa shape index (κ3) is 2.69. The molecule has 1 aromatic rings. The van der Waals surface area contributed by atoms with Crippen LogP contribution < -0.4 is 5.32 Å². The SMILES string of the molecule is CC1CN(C(=O)c2n[nH]c(C(C)C)n2)CC(C)N1. The van der Waals surface area contributed by atoms with Gasteiger partial charge in [0, 0.05) is 31.1 Å². The molecule has 1 aliphatic heterocycles. The minimum Gasteiger partial charge on any atom is -0.333 e. The monoisotopic (exact) mass is 251 g/mol. The van der Waals surface area contributed by atoms with E-state index in [2.05, 4.69) is 34.3 Å². The predicted octanol–water partition coefficient (Wildman–Crippen LogP) is 0.750. The highest BCUT2D eigenvalue weighted by Crippen LogP contribution is 2.11. The molecular weight excluding hydrogens is 230 g/mol. The number of carbonyl (C=O) groups is 1. The number of nitrogens with zero attached hydrogens (tertiary/aromatic N) is 3. The fourth-order valence-corrected chi connectivity index (χ4v) is 2.26. The van der Waals surface area contributed by atoms with E-state index in [1.807, 2.05) is 18.7 Å². The Bertz CT molecular complexity index is 418. The fraction of sp³-hybridized carbons (Fsp3) is 0.750. The molecule has 2 N–H and O–H groups in total. The fourth-order valence-electron chi connectivity index (χ4n) is 2.26. The highest BCUT2D eigenvalue weighted by atomic mass is 16.2. The van der Waals surface area contributed by atoms with Gasteiger partial charge in [-0.05, 0) is 13.8 Å². The van der Waals surface area contributed by atoms with Crippen molar-refractivity contribution >= 4 is 5.91 Å². The summed E-state index contributed by atoms with van der Waals surface area (Å²) in [5.74, 6) is 1.20. The summed E-state index contributed by atoms with van der Waals surface area (Å²) >= 11 is 0. The van der Waals surface area contributed by atoms with Crippen LogP contribution in [0.4, 0.5) is 0 Å². The summed E-state index contributed by atoms with van der Waals surface area (Å²) < 4.78 is 0. The number of aromatic amines is 1. The molecule has 1 aliphatic rings. The minimum atomic E-state index is -0.0849. The van der Waals surface area contributed by atoms with E-state index in [9.17, 15) is 4.79 Å². The Kier molecular flexibility index (Phi) is 3.65. The molecule has 0 aliphatic carbocycles. The molecule has 0 bridgehead atoms. The van der Waals surface area contributed by atoms with Crippen LogP contribution in [0.2, 0.25) is 0 Å². The van der Waals surface area contributed by atoms with Crippen molar-refractivity contribution in [1.29, 1.82) is 0 Å². The smallest absolute Gasteiger partial charge is 0.293 e. The van der Waals surface area contributed by atoms with Crippen LogP contribution in [0.1, 0.15) is 50.1 Å². The van der Waals surface area contributed by atoms with E-state index in [4.69, 9.17) is 0 Å². The van der Waals surface area contributed by atoms with Gasteiger partial charge in [0.25, 0.3) is 5.91 Å². The Morgan fingerprint density at radius 3 is 2.44 bits per heavy atom. The molecule has 0 saturated carbocycles. The van der Waals surface area contributed by atoms with Gasteiger partial charge in [-0.1, -0.05) is 13.8 Å². The van der Waals surface area contributed by atoms with Gasteiger partial charge < -0.3 is 10.2 Å². The zero-order valence-corrected chi connectivity index (χ0v) is 11.4. The number of hydrogen-bond acceptors (Lipinski definition) is 4. The van der Waals surface area contributed by atoms with Crippen LogP contribution in [0.3, 0.4) is 0 Å². The number of nitrogens with one attached hydrogen (secondary N) is 2. The second kappa shape index (κ2) is 5.06. The molecule has 2 unspecified atom stereocenters. The van der Waals surface area contributed by atoms with Gasteiger partial charge in [-0.2, -0.15) is 0 Å². The van der Waals surface area contributed by atoms with Crippen molar-refractivity contribution in [2.75, 3.05) is 13.1 Å². The molecule has 0 spiro atoms. The Morgan fingerprint density at radius 1 is 1.33 bits per heavy atom. The van der Waals surface area contributed by atoms with Gasteiger partial charge in [-0.3, -0.25) is 9.89 Å². The number of hydrogen-bond donors (Lipinski definition) is 2. The van der Waals surface area contributed by atoms with Crippen molar-refractivity contribution in [3.05, 3.63) is 11.6 Å². The molecule has 1 aromatic heterocycles. The normalized spacial score (nSPS) is 24.6. The lowest BCUT2D eigenvalue weighted by molar-refractivity contribution is 0.0662. The van der Waals surface area contributed by atoms with Crippen LogP contribution in [0, 0.1) is 0 Å². The molecule has 100 valence electrons. The molecule has 18 heavy (non-hydrogen) atoms. The van der Waals surface area contributed by atoms with Crippen LogP contribution in [0.5, 0.6) is 0 Å². The summed E-state index contributed by atoms with van der Waals surface area (Å²) in [5, 5.41) is 10.2. The van der Waals surface area contributed by atoms with Gasteiger partial charge in [0.05, 0.1) is 0 Å². The van der Waals surface area contributed by atoms with Gasteiger partial charge in [0.2, 0.25) is 5.82 Å². The number of H-pyrrole nitrogens is 1. The lowest BCUT2D eigenvalue weighted by atomic mass is 10.1. The van der Waals surface area contributed by atoms with Crippen molar-refractivity contribution in [3.63, 3.8) is 0 Å². The van der Waals surface area contributed by atoms with E-state index in [-0.39, 0.29) is 17.6 Å². The van der Waals surface area contributed by atoms with Gasteiger partial charge in [0.15, 0.2) is 0 Å². The summed E-state index contributed by atoms with van der Waals surface area (Å²) in [6.07, 6.45) is 0. The average molecular weight is 251 g/mol. The molecular formula is C12H21N5O. The standard InChI is InChI=1S/C12H21N5O/c1-7(2)10-14-11(16-15-10)12(18)17-5-8(3)13-9(4)6-17/h7-9,13H,5-6H2,1-4H3,(H,14,15,16). The number of amides is 1. The van der Waals surface area contributed by atoms with Crippen LogP contribution in [0.25, 0.3) is 0 Å². The van der Waals surface area contributed by atoms with E-state index in [1.54, 1.807) is 0 Å². The van der Waals surface area contributed by atoms with Gasteiger partial charge in [-0.15, -0.1) is 5.10 Å². The molecule has 6 nitrogen and oxygen atoms in total. The molecule has 6 heteroatoms. The van der Waals surface area contributed by atoms with E-state index in [0.717, 1.165) is 5.82 Å². The maximum atomic E-state index is 12.3. The Balaban J connectivity index is 2.10. The molecule has 2 atom stereocenters. The van der Waals surface area contributed by atoms with Crippen molar-refractivity contribution < 1.29 is 4.79 Å². The van der Waals surface area contributed by atoms with Gasteiger partial charge in [0.1, 0.15) is 5.82 Å². The Morgan fingerprint density at radius 2 is 1.94 bits per heavy atom. The van der Waals surface area contributed by atoms with Crippen LogP contribution in [-0.4, -0.2) is 51.2 Å². The molecule has 0 aromatic carbocycles. The lowest BCUT2D eigenvalue weighted by Crippen LogP contribution is -2.56. The molecule has 1 saturated heterocycles. The molecule has 2 rings (SSSR count). The number of aromatic nitrogens is 3. The van der Waals surface area contributed by atoms with Crippen LogP contribution in [-0.2, 0) is 0 Å². The van der Waals surface area contributed by atoms with Crippen LogP contribution >= 0.6 is 0 Å². The molecule has 1 fully saturated rings. The molecule has 1 amide bonds. The third-order valence-electron chi connectivity index (χ3n) is 3.09. The number of rotatable bonds is 2. The third-order valence-corrected chi connectivity index (χ3v) is 3.09. The van der Waals surface area contributed by atoms with Crippen LogP contribution in [0.15, 0.2) is 0 Å². The summed E-state index contributed by atoms with van der Waals surface area (Å²) in [5.41, 5.74) is 0. The highest BCUT2D eigenvalue weighted by molar-refractivity contribution is 5.90. The van der Waals surface area contributed by atoms with E-state index >= 15 is 0 Å². The maximum absolute atomic E-state index is 12.3. The topological polar surface area (TPSA) is 73.9 Å². The van der Waals surface area contributed by atoms with Crippen molar-refractivity contribution in [2.24, 2.45) is 0 Å². The summed E-state index contributed by atoms with van der Waals surface area (Å²) in [7, 11) is 0. The quantitative estimate of drug-likeness (QED) is 0.813. The van der Waals surface area contributed by atoms with Crippen molar-refractivity contribution in [3.8, 4) is 0 Å². The van der Waals surface area contributed by atoms with Gasteiger partial charge >= 0.3 is 0 Å². The largest absolute Gasteiger partial charge is 0.333 e. The maximum Gasteiger partial charge on any atom is 0.293 e. The minimum absolute atomic E-state index is 0.0849. The van der Waals surface area contributed by atoms with Crippen molar-refractivity contribution in [1.82, 2.24) is 25.4 Å². The Labute approximate surface area is 107 Å². The van der Waals surface area contributed by atoms with Crippen molar-refractivity contribution in [2.45, 2.75) is 45.7 Å². The summed E-state index contributed by atoms with van der Waals surface area (Å²) in [6.45, 7) is 9.60. The van der Waals surface area contributed by atoms with E-state index < -0.39 is 0 Å². The number of piperazine rings is 1. The Hall–Kier alpha value is -1.43. The highest BCUT2D eigenvalue weighted by Gasteiger charge is 2.27. The summed E-state index contributed by atoms with van der Waals surface area (Å²) in [6, 6.07) is 0.613. The average Bonchev–Trinajstić information content (AvgIpc) is 2.75. The zero-order chi connectivity index (χ0) is 13.3. The number of carbonyl (C=O) groups excluding carboxylic acids is 1. The first kappa shape index (κ1) is 13.0. The van der Waals surface area contributed by atoms with E-state index in [1.165, 1.54) is 0 Å². The van der Waals surface area contributed by atoms with Gasteiger partial charge in [-0.25, -0.2) is 4.98 Å². The second-order valence-corrected chi connectivity index (χ2v) is 5.38. The predicted molar refractivity (Wildman–Crippen MR) is 68.4 cm³/mol. The zero-order valence-electron chi connectivity index (χ0n) is 11.4. The second-order valence-electron chi connectivity index (χ2n) is 5.38. The summed E-state index contributed by atoms with van der Waals surface area (Å²) in [4.78, 5) is 18.4. The first-order chi connectivity index (χ1) is 8.47. The lowest BCUT2D eigenvalue weighted by Gasteiger charge is -2.35. The first-order valence-electron chi connectivity index (χ1n) is 6.45. The van der Waals surface area contributed by atoms with E-state index in [0.29, 0.717) is 25.2 Å². The molecule has 2 heterocycles. The molecule has 0 radical (unpaired) electrons.